The SMILES string of the molecule is CC(=O)c1ccccc1S/N=C/c1ccc(O)c(O)c1O. The topological polar surface area (TPSA) is 90.1 Å². The highest BCUT2D eigenvalue weighted by Crippen LogP contribution is 2.36. The maximum atomic E-state index is 11.5. The Morgan fingerprint density at radius 3 is 2.52 bits per heavy atom. The minimum Gasteiger partial charge on any atom is -0.504 e. The Balaban J connectivity index is 2.21. The molecule has 0 unspecified atom stereocenters. The highest BCUT2D eigenvalue weighted by atomic mass is 32.2. The van der Waals surface area contributed by atoms with E-state index in [1.807, 2.05) is 0 Å². The Bertz CT molecular complexity index is 713. The molecule has 0 aliphatic heterocycles. The van der Waals surface area contributed by atoms with Gasteiger partial charge in [-0.15, -0.1) is 0 Å². The summed E-state index contributed by atoms with van der Waals surface area (Å²) in [5, 5.41) is 28.3. The minimum atomic E-state index is -0.590. The Morgan fingerprint density at radius 2 is 1.81 bits per heavy atom. The molecule has 5 nitrogen and oxygen atoms in total. The summed E-state index contributed by atoms with van der Waals surface area (Å²) in [4.78, 5) is 12.2. The Labute approximate surface area is 125 Å². The van der Waals surface area contributed by atoms with Gasteiger partial charge in [0.25, 0.3) is 0 Å². The zero-order valence-corrected chi connectivity index (χ0v) is 12.0. The Kier molecular flexibility index (Phi) is 4.49. The van der Waals surface area contributed by atoms with E-state index in [-0.39, 0.29) is 11.3 Å². The van der Waals surface area contributed by atoms with Crippen LogP contribution in [0.5, 0.6) is 17.2 Å². The monoisotopic (exact) mass is 303 g/mol. The molecule has 0 saturated heterocycles. The third-order valence-electron chi connectivity index (χ3n) is 2.77. The van der Waals surface area contributed by atoms with E-state index in [1.54, 1.807) is 24.3 Å². The average molecular weight is 303 g/mol. The van der Waals surface area contributed by atoms with Crippen LogP contribution in [0.3, 0.4) is 0 Å². The molecule has 0 amide bonds. The zero-order chi connectivity index (χ0) is 15.4. The standard InChI is InChI=1S/C15H13NO4S/c1-9(17)11-4-2-3-5-13(11)21-16-8-10-6-7-12(18)15(20)14(10)19/h2-8,18-20H,1H3/b16-8+. The fourth-order valence-corrected chi connectivity index (χ4v) is 2.40. The predicted octanol–water partition coefficient (Wildman–Crippen LogP) is 3.13. The van der Waals surface area contributed by atoms with Gasteiger partial charge in [0.1, 0.15) is 0 Å². The molecule has 0 aromatic heterocycles. The largest absolute Gasteiger partial charge is 0.504 e. The van der Waals surface area contributed by atoms with Gasteiger partial charge < -0.3 is 15.3 Å². The van der Waals surface area contributed by atoms with E-state index >= 15 is 0 Å². The quantitative estimate of drug-likeness (QED) is 0.349. The molecular weight excluding hydrogens is 290 g/mol. The van der Waals surface area contributed by atoms with Gasteiger partial charge >= 0.3 is 0 Å². The third-order valence-corrected chi connectivity index (χ3v) is 3.53. The molecule has 6 heteroatoms. The van der Waals surface area contributed by atoms with Crippen molar-refractivity contribution < 1.29 is 20.1 Å². The Morgan fingerprint density at radius 1 is 1.10 bits per heavy atom. The molecule has 0 aliphatic rings. The van der Waals surface area contributed by atoms with Gasteiger partial charge in [-0.1, -0.05) is 18.2 Å². The number of aromatic hydroxyl groups is 3. The summed E-state index contributed by atoms with van der Waals surface area (Å²) in [5.41, 5.74) is 0.829. The molecule has 2 aromatic carbocycles. The summed E-state index contributed by atoms with van der Waals surface area (Å²) in [6.07, 6.45) is 1.34. The van der Waals surface area contributed by atoms with Gasteiger partial charge in [-0.2, -0.15) is 0 Å². The lowest BCUT2D eigenvalue weighted by Gasteiger charge is -2.04. The number of benzene rings is 2. The third kappa shape index (κ3) is 3.35. The van der Waals surface area contributed by atoms with Crippen molar-refractivity contribution >= 4 is 23.9 Å². The van der Waals surface area contributed by atoms with Gasteiger partial charge in [-0.3, -0.25) is 4.79 Å². The molecule has 2 rings (SSSR count). The molecule has 0 spiro atoms. The second-order valence-corrected chi connectivity index (χ2v) is 5.08. The molecule has 0 radical (unpaired) electrons. The summed E-state index contributed by atoms with van der Waals surface area (Å²) in [5.74, 6) is -1.50. The van der Waals surface area contributed by atoms with Gasteiger partial charge in [0.2, 0.25) is 5.75 Å². The number of Topliss-reactive ketones (excluding diaryl/α,β-unsaturated/α-hetero) is 1. The van der Waals surface area contributed by atoms with Crippen molar-refractivity contribution in [2.24, 2.45) is 4.40 Å². The molecule has 2 aromatic rings. The first kappa shape index (κ1) is 14.9. The van der Waals surface area contributed by atoms with Crippen LogP contribution in [-0.4, -0.2) is 27.3 Å². The van der Waals surface area contributed by atoms with Crippen LogP contribution in [0, 0.1) is 0 Å². The lowest BCUT2D eigenvalue weighted by molar-refractivity contribution is 0.101. The lowest BCUT2D eigenvalue weighted by atomic mass is 10.1. The van der Waals surface area contributed by atoms with E-state index in [2.05, 4.69) is 4.40 Å². The van der Waals surface area contributed by atoms with Crippen molar-refractivity contribution in [3.05, 3.63) is 47.5 Å². The first-order chi connectivity index (χ1) is 10.0. The van der Waals surface area contributed by atoms with Crippen LogP contribution in [0.4, 0.5) is 0 Å². The number of phenolic OH excluding ortho intramolecular Hbond substituents is 3. The summed E-state index contributed by atoms with van der Waals surface area (Å²) in [7, 11) is 0. The number of hydrogen-bond acceptors (Lipinski definition) is 6. The van der Waals surface area contributed by atoms with Crippen LogP contribution < -0.4 is 0 Å². The summed E-state index contributed by atoms with van der Waals surface area (Å²) >= 11 is 1.08. The highest BCUT2D eigenvalue weighted by Gasteiger charge is 2.10. The molecule has 0 heterocycles. The maximum absolute atomic E-state index is 11.5. The van der Waals surface area contributed by atoms with Crippen molar-refractivity contribution in [2.45, 2.75) is 11.8 Å². The molecule has 3 N–H and O–H groups in total. The first-order valence-corrected chi connectivity index (χ1v) is 6.82. The number of nitrogens with zero attached hydrogens (tertiary/aromatic N) is 1. The van der Waals surface area contributed by atoms with E-state index in [1.165, 1.54) is 25.3 Å². The smallest absolute Gasteiger partial charge is 0.200 e. The van der Waals surface area contributed by atoms with Crippen LogP contribution in [0.1, 0.15) is 22.8 Å². The van der Waals surface area contributed by atoms with Gasteiger partial charge in [-0.25, -0.2) is 4.40 Å². The Hall–Kier alpha value is -2.47. The average Bonchev–Trinajstić information content (AvgIpc) is 2.47. The van der Waals surface area contributed by atoms with Crippen molar-refractivity contribution in [3.63, 3.8) is 0 Å². The van der Waals surface area contributed by atoms with Gasteiger partial charge in [0, 0.05) is 34.2 Å². The van der Waals surface area contributed by atoms with Gasteiger partial charge in [0.15, 0.2) is 17.3 Å². The van der Waals surface area contributed by atoms with Crippen molar-refractivity contribution in [1.29, 1.82) is 0 Å². The molecule has 0 atom stereocenters. The molecule has 0 saturated carbocycles. The minimum absolute atomic E-state index is 0.0570. The summed E-state index contributed by atoms with van der Waals surface area (Å²) in [6.45, 7) is 1.48. The number of ketones is 1. The molecular formula is C15H13NO4S. The number of hydrogen-bond donors (Lipinski definition) is 3. The lowest BCUT2D eigenvalue weighted by Crippen LogP contribution is -1.93. The molecule has 21 heavy (non-hydrogen) atoms. The molecule has 0 bridgehead atoms. The molecule has 0 fully saturated rings. The van der Waals surface area contributed by atoms with Crippen molar-refractivity contribution in [3.8, 4) is 17.2 Å². The number of carbonyl (C=O) groups is 1. The summed E-state index contributed by atoms with van der Waals surface area (Å²) in [6, 6.07) is 9.73. The van der Waals surface area contributed by atoms with Crippen LogP contribution in [-0.2, 0) is 0 Å². The number of rotatable bonds is 4. The number of phenols is 3. The highest BCUT2D eigenvalue weighted by molar-refractivity contribution is 7.98. The van der Waals surface area contributed by atoms with E-state index in [0.29, 0.717) is 10.5 Å². The first-order valence-electron chi connectivity index (χ1n) is 6.05. The summed E-state index contributed by atoms with van der Waals surface area (Å²) < 4.78 is 4.07. The second-order valence-electron chi connectivity index (χ2n) is 4.25. The van der Waals surface area contributed by atoms with Gasteiger partial charge in [-0.05, 0) is 25.1 Å². The normalized spacial score (nSPS) is 10.9. The van der Waals surface area contributed by atoms with E-state index < -0.39 is 17.2 Å². The predicted molar refractivity (Wildman–Crippen MR) is 81.3 cm³/mol. The van der Waals surface area contributed by atoms with Crippen LogP contribution in [0.2, 0.25) is 0 Å². The number of carbonyl (C=O) groups excluding carboxylic acids is 1. The maximum Gasteiger partial charge on any atom is 0.200 e. The van der Waals surface area contributed by atoms with E-state index in [4.69, 9.17) is 0 Å². The second kappa shape index (κ2) is 6.32. The zero-order valence-electron chi connectivity index (χ0n) is 11.1. The van der Waals surface area contributed by atoms with E-state index in [9.17, 15) is 20.1 Å². The van der Waals surface area contributed by atoms with Crippen molar-refractivity contribution in [2.75, 3.05) is 0 Å². The molecule has 0 aliphatic carbocycles. The van der Waals surface area contributed by atoms with E-state index in [0.717, 1.165) is 11.9 Å². The van der Waals surface area contributed by atoms with Crippen molar-refractivity contribution in [1.82, 2.24) is 0 Å². The molecule has 108 valence electrons. The van der Waals surface area contributed by atoms with Gasteiger partial charge in [0.05, 0.1) is 0 Å². The fourth-order valence-electron chi connectivity index (χ4n) is 1.67. The van der Waals surface area contributed by atoms with Crippen LogP contribution in [0.25, 0.3) is 0 Å². The van der Waals surface area contributed by atoms with Crippen LogP contribution in [0.15, 0.2) is 45.7 Å². The fraction of sp³-hybridized carbons (Fsp3) is 0.0667. The van der Waals surface area contributed by atoms with Crippen LogP contribution >= 0.6 is 11.9 Å².